The van der Waals surface area contributed by atoms with Crippen LogP contribution in [0.25, 0.3) is 0 Å². The fraction of sp³-hybridized carbons (Fsp3) is 0.500. The lowest BCUT2D eigenvalue weighted by molar-refractivity contribution is -0.140. The van der Waals surface area contributed by atoms with Crippen molar-refractivity contribution < 1.29 is 9.53 Å². The van der Waals surface area contributed by atoms with Gasteiger partial charge in [0.2, 0.25) is 0 Å². The molecule has 1 heterocycles. The van der Waals surface area contributed by atoms with Crippen molar-refractivity contribution in [1.29, 1.82) is 0 Å². The van der Waals surface area contributed by atoms with Crippen LogP contribution in [0.15, 0.2) is 24.3 Å². The highest BCUT2D eigenvalue weighted by Gasteiger charge is 2.27. The van der Waals surface area contributed by atoms with E-state index >= 15 is 0 Å². The molecule has 1 aliphatic heterocycles. The van der Waals surface area contributed by atoms with E-state index in [4.69, 9.17) is 16.3 Å². The van der Waals surface area contributed by atoms with E-state index in [2.05, 4.69) is 5.32 Å². The molecule has 1 amide bonds. The van der Waals surface area contributed by atoms with Gasteiger partial charge in [0.05, 0.1) is 0 Å². The Morgan fingerprint density at radius 3 is 2.95 bits per heavy atom. The second-order valence-corrected chi connectivity index (χ2v) is 5.24. The Morgan fingerprint density at radius 2 is 2.30 bits per heavy atom. The average Bonchev–Trinajstić information content (AvgIpc) is 2.38. The van der Waals surface area contributed by atoms with E-state index < -0.39 is 6.10 Å². The zero-order chi connectivity index (χ0) is 13.8. The second kappa shape index (κ2) is 7.72. The predicted octanol–water partition coefficient (Wildman–Crippen LogP) is 2.35. The standard InChI is InChI=1S/C14H19ClN2O2.ClH/c1-10-9-16-6-7-17(10)14(18)11(2)19-13-5-3-4-12(15)8-13;/h3-5,8,10-11,16H,6-7,9H2,1-2H3;1H. The first kappa shape index (κ1) is 17.1. The highest BCUT2D eigenvalue weighted by molar-refractivity contribution is 6.30. The number of halogens is 2. The van der Waals surface area contributed by atoms with Gasteiger partial charge >= 0.3 is 0 Å². The monoisotopic (exact) mass is 318 g/mol. The molecular formula is C14H20Cl2N2O2. The van der Waals surface area contributed by atoms with E-state index in [0.29, 0.717) is 10.8 Å². The highest BCUT2D eigenvalue weighted by atomic mass is 35.5. The molecule has 1 aromatic carbocycles. The van der Waals surface area contributed by atoms with Gasteiger partial charge in [0.25, 0.3) is 5.91 Å². The van der Waals surface area contributed by atoms with Crippen molar-refractivity contribution in [3.63, 3.8) is 0 Å². The molecule has 0 saturated carbocycles. The number of benzene rings is 1. The van der Waals surface area contributed by atoms with Crippen molar-refractivity contribution in [2.45, 2.75) is 26.0 Å². The fourth-order valence-electron chi connectivity index (χ4n) is 2.20. The van der Waals surface area contributed by atoms with Crippen LogP contribution in [0.4, 0.5) is 0 Å². The number of carbonyl (C=O) groups excluding carboxylic acids is 1. The van der Waals surface area contributed by atoms with Crippen LogP contribution >= 0.6 is 24.0 Å². The third-order valence-corrected chi connectivity index (χ3v) is 3.48. The minimum absolute atomic E-state index is 0. The van der Waals surface area contributed by atoms with Gasteiger partial charge in [-0.3, -0.25) is 4.79 Å². The van der Waals surface area contributed by atoms with Crippen LogP contribution in [0.5, 0.6) is 5.75 Å². The third-order valence-electron chi connectivity index (χ3n) is 3.24. The Labute approximate surface area is 130 Å². The normalized spacial score (nSPS) is 19.9. The molecule has 20 heavy (non-hydrogen) atoms. The summed E-state index contributed by atoms with van der Waals surface area (Å²) in [4.78, 5) is 14.2. The van der Waals surface area contributed by atoms with Gasteiger partial charge in [-0.2, -0.15) is 0 Å². The molecule has 2 unspecified atom stereocenters. The summed E-state index contributed by atoms with van der Waals surface area (Å²) in [7, 11) is 0. The van der Waals surface area contributed by atoms with Gasteiger partial charge in [0, 0.05) is 30.7 Å². The van der Waals surface area contributed by atoms with Gasteiger partial charge in [0.15, 0.2) is 6.10 Å². The number of hydrogen-bond donors (Lipinski definition) is 1. The number of amides is 1. The zero-order valence-electron chi connectivity index (χ0n) is 11.6. The Morgan fingerprint density at radius 1 is 1.55 bits per heavy atom. The topological polar surface area (TPSA) is 41.6 Å². The van der Waals surface area contributed by atoms with Gasteiger partial charge in [0.1, 0.15) is 5.75 Å². The van der Waals surface area contributed by atoms with Gasteiger partial charge in [-0.15, -0.1) is 12.4 Å². The largest absolute Gasteiger partial charge is 0.481 e. The molecule has 1 N–H and O–H groups in total. The molecule has 4 nitrogen and oxygen atoms in total. The van der Waals surface area contributed by atoms with E-state index in [9.17, 15) is 4.79 Å². The molecule has 1 aliphatic rings. The van der Waals surface area contributed by atoms with E-state index in [1.54, 1.807) is 25.1 Å². The first-order chi connectivity index (χ1) is 9.08. The SMILES string of the molecule is CC(Oc1cccc(Cl)c1)C(=O)N1CCNCC1C.Cl. The van der Waals surface area contributed by atoms with Crippen molar-refractivity contribution in [2.75, 3.05) is 19.6 Å². The number of nitrogens with one attached hydrogen (secondary N) is 1. The number of piperazine rings is 1. The number of carbonyl (C=O) groups is 1. The maximum atomic E-state index is 12.3. The highest BCUT2D eigenvalue weighted by Crippen LogP contribution is 2.19. The zero-order valence-corrected chi connectivity index (χ0v) is 13.2. The molecule has 112 valence electrons. The molecule has 0 aliphatic carbocycles. The van der Waals surface area contributed by atoms with Crippen LogP contribution in [0, 0.1) is 0 Å². The molecule has 6 heteroatoms. The molecule has 0 spiro atoms. The molecule has 2 rings (SSSR count). The third kappa shape index (κ3) is 4.27. The van der Waals surface area contributed by atoms with E-state index in [0.717, 1.165) is 19.6 Å². The minimum Gasteiger partial charge on any atom is -0.481 e. The quantitative estimate of drug-likeness (QED) is 0.930. The van der Waals surface area contributed by atoms with Crippen molar-refractivity contribution in [3.8, 4) is 5.75 Å². The lowest BCUT2D eigenvalue weighted by atomic mass is 10.2. The van der Waals surface area contributed by atoms with Crippen LogP contribution in [0.2, 0.25) is 5.02 Å². The molecule has 0 radical (unpaired) electrons. The lowest BCUT2D eigenvalue weighted by Gasteiger charge is -2.35. The summed E-state index contributed by atoms with van der Waals surface area (Å²) in [5.74, 6) is 0.644. The van der Waals surface area contributed by atoms with Gasteiger partial charge in [-0.1, -0.05) is 17.7 Å². The molecule has 0 bridgehead atoms. The summed E-state index contributed by atoms with van der Waals surface area (Å²) in [6, 6.07) is 7.30. The van der Waals surface area contributed by atoms with Crippen LogP contribution in [-0.4, -0.2) is 42.6 Å². The van der Waals surface area contributed by atoms with E-state index in [1.807, 2.05) is 17.9 Å². The van der Waals surface area contributed by atoms with Crippen LogP contribution in [-0.2, 0) is 4.79 Å². The molecule has 1 aromatic rings. The average molecular weight is 319 g/mol. The number of hydrogen-bond acceptors (Lipinski definition) is 3. The molecule has 1 saturated heterocycles. The van der Waals surface area contributed by atoms with Crippen molar-refractivity contribution in [3.05, 3.63) is 29.3 Å². The fourth-order valence-corrected chi connectivity index (χ4v) is 2.38. The maximum absolute atomic E-state index is 12.3. The van der Waals surface area contributed by atoms with Crippen molar-refractivity contribution in [1.82, 2.24) is 10.2 Å². The molecule has 1 fully saturated rings. The summed E-state index contributed by atoms with van der Waals surface area (Å²) < 4.78 is 5.66. The van der Waals surface area contributed by atoms with Gasteiger partial charge in [-0.05, 0) is 32.0 Å². The Bertz CT molecular complexity index is 457. The summed E-state index contributed by atoms with van der Waals surface area (Å²) >= 11 is 5.90. The number of rotatable bonds is 3. The van der Waals surface area contributed by atoms with Crippen molar-refractivity contribution >= 4 is 29.9 Å². The van der Waals surface area contributed by atoms with Crippen LogP contribution < -0.4 is 10.1 Å². The molecular weight excluding hydrogens is 299 g/mol. The maximum Gasteiger partial charge on any atom is 0.263 e. The second-order valence-electron chi connectivity index (χ2n) is 4.80. The summed E-state index contributed by atoms with van der Waals surface area (Å²) in [6.45, 7) is 6.20. The smallest absolute Gasteiger partial charge is 0.263 e. The molecule has 2 atom stereocenters. The van der Waals surface area contributed by atoms with E-state index in [1.165, 1.54) is 0 Å². The molecule has 0 aromatic heterocycles. The Hall–Kier alpha value is -0.970. The first-order valence-corrected chi connectivity index (χ1v) is 6.89. The van der Waals surface area contributed by atoms with Crippen LogP contribution in [0.3, 0.4) is 0 Å². The summed E-state index contributed by atoms with van der Waals surface area (Å²) in [5.41, 5.74) is 0. The summed E-state index contributed by atoms with van der Waals surface area (Å²) in [5, 5.41) is 3.87. The Balaban J connectivity index is 0.00000200. The Kier molecular flexibility index (Phi) is 6.59. The van der Waals surface area contributed by atoms with Crippen molar-refractivity contribution in [2.24, 2.45) is 0 Å². The van der Waals surface area contributed by atoms with Gasteiger partial charge < -0.3 is 15.0 Å². The predicted molar refractivity (Wildman–Crippen MR) is 82.8 cm³/mol. The summed E-state index contributed by atoms with van der Waals surface area (Å²) in [6.07, 6.45) is -0.501. The lowest BCUT2D eigenvalue weighted by Crippen LogP contribution is -2.55. The van der Waals surface area contributed by atoms with E-state index in [-0.39, 0.29) is 24.4 Å². The minimum atomic E-state index is -0.501. The number of nitrogens with zero attached hydrogens (tertiary/aromatic N) is 1. The van der Waals surface area contributed by atoms with Crippen LogP contribution in [0.1, 0.15) is 13.8 Å². The number of ether oxygens (including phenoxy) is 1. The first-order valence-electron chi connectivity index (χ1n) is 6.51. The van der Waals surface area contributed by atoms with Gasteiger partial charge in [-0.25, -0.2) is 0 Å².